The van der Waals surface area contributed by atoms with Gasteiger partial charge in [0.15, 0.2) is 0 Å². The largest absolute Gasteiger partial charge is 0.324 e. The van der Waals surface area contributed by atoms with Gasteiger partial charge in [-0.1, -0.05) is 23.3 Å². The third kappa shape index (κ3) is 13.5. The Balaban J connectivity index is 5.30. The lowest BCUT2D eigenvalue weighted by Gasteiger charge is -1.97. The summed E-state index contributed by atoms with van der Waals surface area (Å²) in [6, 6.07) is 0. The number of rotatable bonds is 9. The zero-order chi connectivity index (χ0) is 19.3. The summed E-state index contributed by atoms with van der Waals surface area (Å²) in [5, 5.41) is 58.5. The maximum absolute atomic E-state index is 7.89. The molecule has 0 saturated carbocycles. The van der Waals surface area contributed by atoms with Gasteiger partial charge in [-0.2, -0.15) is 0 Å². The second-order valence-electron chi connectivity index (χ2n) is 2.84. The van der Waals surface area contributed by atoms with E-state index in [1.807, 2.05) is 24.4 Å². The fourth-order valence-corrected chi connectivity index (χ4v) is 0.885. The van der Waals surface area contributed by atoms with E-state index in [2.05, 4.69) is 83.1 Å². The summed E-state index contributed by atoms with van der Waals surface area (Å²) in [5.41, 5.74) is 0. The van der Waals surface area contributed by atoms with Crippen molar-refractivity contribution in [2.24, 2.45) is 0 Å². The van der Waals surface area contributed by atoms with Gasteiger partial charge in [0.2, 0.25) is 0 Å². The average molecular weight is 378 g/mol. The minimum atomic E-state index is -1.20. The fourth-order valence-electron chi connectivity index (χ4n) is 0.885. The molecule has 0 aliphatic heterocycles. The molecule has 0 fully saturated rings. The zero-order valence-corrected chi connectivity index (χ0v) is 11.8. The van der Waals surface area contributed by atoms with Gasteiger partial charge in [-0.25, -0.2) is 21.0 Å². The van der Waals surface area contributed by atoms with Crippen LogP contribution in [0.5, 0.6) is 0 Å². The molecule has 0 aliphatic carbocycles. The quantitative estimate of drug-likeness (QED) is 0.119. The van der Waals surface area contributed by atoms with Crippen molar-refractivity contribution in [1.29, 1.82) is 0 Å². The molecular weight excluding hydrogens is 374 g/mol. The van der Waals surface area contributed by atoms with Crippen molar-refractivity contribution in [3.8, 4) is 47.7 Å². The molecule has 0 radical (unpaired) electrons. The van der Waals surface area contributed by atoms with Crippen molar-refractivity contribution in [2.45, 2.75) is 0 Å². The molecule has 0 unspecified atom stereocenters. The van der Waals surface area contributed by atoms with E-state index in [9.17, 15) is 0 Å². The second kappa shape index (κ2) is 18.4. The first-order valence-electron chi connectivity index (χ1n) is 5.37. The molecule has 0 aromatic rings. The van der Waals surface area contributed by atoms with Crippen LogP contribution in [0.25, 0.3) is 0 Å². The van der Waals surface area contributed by atoms with Crippen molar-refractivity contribution in [1.82, 2.24) is 0 Å². The molecule has 0 heterocycles. The summed E-state index contributed by atoms with van der Waals surface area (Å²) in [6.07, 6.45) is 7.46. The maximum atomic E-state index is 7.89. The number of hydrogen-bond donors (Lipinski definition) is 4. The van der Waals surface area contributed by atoms with E-state index < -0.39 is 13.2 Å². The van der Waals surface area contributed by atoms with Gasteiger partial charge in [0.1, 0.15) is 24.4 Å². The summed E-state index contributed by atoms with van der Waals surface area (Å²) in [4.78, 5) is 16.1. The minimum absolute atomic E-state index is 1.20. The molecule has 0 aromatic heterocycles. The molecule has 0 atom stereocenters. The summed E-state index contributed by atoms with van der Waals surface area (Å²) in [7, 11) is 0. The molecule has 18 heteroatoms. The van der Waals surface area contributed by atoms with Crippen LogP contribution in [-0.4, -0.2) is 34.2 Å². The lowest BCUT2D eigenvalue weighted by Crippen LogP contribution is -2.32. The molecule has 4 N–H and O–H groups in total. The van der Waals surface area contributed by atoms with E-state index in [1.54, 1.807) is 0 Å². The monoisotopic (exact) mass is 378 g/mol. The Morgan fingerprint density at radius 1 is 0.423 bits per heavy atom. The highest BCUT2D eigenvalue weighted by Crippen LogP contribution is 1.91. The molecule has 16 nitrogen and oxygen atoms in total. The molecule has 0 saturated heterocycles. The van der Waals surface area contributed by atoms with Crippen molar-refractivity contribution in [2.75, 3.05) is 0 Å². The van der Waals surface area contributed by atoms with Crippen LogP contribution in [-0.2, 0) is 59.9 Å². The van der Waals surface area contributed by atoms with E-state index in [-0.39, 0.29) is 0 Å². The fraction of sp³-hybridized carbons (Fsp3) is 0. The molecule has 0 bridgehead atoms. The summed E-state index contributed by atoms with van der Waals surface area (Å²) in [6.45, 7) is -2.39. The topological polar surface area (TPSA) is 192 Å². The van der Waals surface area contributed by atoms with E-state index in [0.717, 1.165) is 0 Å². The number of hydrogen-bond acceptors (Lipinski definition) is 16. The summed E-state index contributed by atoms with van der Waals surface area (Å²) < 4.78 is 0. The van der Waals surface area contributed by atoms with Crippen molar-refractivity contribution in [3.05, 3.63) is 0 Å². The van der Waals surface area contributed by atoms with Crippen molar-refractivity contribution >= 4 is 13.2 Å². The van der Waals surface area contributed by atoms with Gasteiger partial charge in [-0.3, -0.25) is 19.6 Å². The standard InChI is InChI=1S/C8H4B2O16/c11-19-23-15-5-1-9(2-6-16-24-20-12)10(3-7-17-25-21-13)4-8-18-26-22-14/h11-14H. The van der Waals surface area contributed by atoms with Crippen LogP contribution in [0, 0.1) is 47.7 Å². The van der Waals surface area contributed by atoms with Crippen LogP contribution in [0.15, 0.2) is 0 Å². The third-order valence-electron chi connectivity index (χ3n) is 1.62. The Bertz CT molecular complexity index is 491. The lowest BCUT2D eigenvalue weighted by atomic mass is 9.10. The van der Waals surface area contributed by atoms with Crippen LogP contribution < -0.4 is 0 Å². The molecule has 0 amide bonds. The Kier molecular flexibility index (Phi) is 16.4. The second-order valence-corrected chi connectivity index (χ2v) is 2.84. The predicted octanol–water partition coefficient (Wildman–Crippen LogP) is -1.53. The Labute approximate surface area is 143 Å². The van der Waals surface area contributed by atoms with Gasteiger partial charge < -0.3 is 0 Å². The summed E-state index contributed by atoms with van der Waals surface area (Å²) >= 11 is 0. The molecule has 0 rings (SSSR count). The van der Waals surface area contributed by atoms with Gasteiger partial charge in [-0.05, 0) is 20.2 Å². The first-order chi connectivity index (χ1) is 12.8. The van der Waals surface area contributed by atoms with E-state index >= 15 is 0 Å². The highest BCUT2D eigenvalue weighted by molar-refractivity contribution is 7.35. The van der Waals surface area contributed by atoms with Gasteiger partial charge in [0.05, 0.1) is 0 Å². The van der Waals surface area contributed by atoms with E-state index in [4.69, 9.17) is 21.0 Å². The van der Waals surface area contributed by atoms with E-state index in [0.29, 0.717) is 0 Å². The third-order valence-corrected chi connectivity index (χ3v) is 1.62. The molecule has 0 spiro atoms. The van der Waals surface area contributed by atoms with Gasteiger partial charge in [0, 0.05) is 20.2 Å². The van der Waals surface area contributed by atoms with Gasteiger partial charge >= 0.3 is 13.2 Å². The van der Waals surface area contributed by atoms with Crippen molar-refractivity contribution in [3.63, 3.8) is 0 Å². The van der Waals surface area contributed by atoms with Crippen LogP contribution >= 0.6 is 0 Å². The molecular formula is C8H4B2O16. The van der Waals surface area contributed by atoms with Crippen LogP contribution in [0.1, 0.15) is 0 Å². The smallest absolute Gasteiger partial charge is 0.251 e. The lowest BCUT2D eigenvalue weighted by molar-refractivity contribution is -0.605. The van der Waals surface area contributed by atoms with Crippen molar-refractivity contribution < 1.29 is 80.9 Å². The first kappa shape index (κ1) is 23.1. The average Bonchev–Trinajstić information content (AvgIpc) is 2.66. The maximum Gasteiger partial charge on any atom is 0.324 e. The van der Waals surface area contributed by atoms with Crippen LogP contribution in [0.2, 0.25) is 0 Å². The Morgan fingerprint density at radius 3 is 0.846 bits per heavy atom. The van der Waals surface area contributed by atoms with Gasteiger partial charge in [0.25, 0.3) is 0 Å². The predicted molar refractivity (Wildman–Crippen MR) is 66.1 cm³/mol. The highest BCUT2D eigenvalue weighted by Gasteiger charge is 2.26. The summed E-state index contributed by atoms with van der Waals surface area (Å²) in [5.74, 6) is 9.01. The SMILES string of the molecule is OOOOC#CB(C#COOOO)B(C#COOOO)C#COOOO. The highest BCUT2D eigenvalue weighted by atomic mass is 17.7. The Hall–Kier alpha value is -2.91. The molecule has 26 heavy (non-hydrogen) atoms. The first-order valence-corrected chi connectivity index (χ1v) is 5.37. The van der Waals surface area contributed by atoms with Crippen LogP contribution in [0.3, 0.4) is 0 Å². The molecule has 0 aliphatic rings. The van der Waals surface area contributed by atoms with Gasteiger partial charge in [-0.15, -0.1) is 0 Å². The molecule has 0 aromatic carbocycles. The zero-order valence-electron chi connectivity index (χ0n) is 11.8. The minimum Gasteiger partial charge on any atom is -0.251 e. The Morgan fingerprint density at radius 2 is 0.654 bits per heavy atom. The molecule has 138 valence electrons. The normalized spacial score (nSPS) is 8.00. The van der Waals surface area contributed by atoms with E-state index in [1.165, 1.54) is 0 Å². The van der Waals surface area contributed by atoms with Crippen LogP contribution in [0.4, 0.5) is 0 Å².